The Kier molecular flexibility index (Phi) is 260. The molecule has 0 heterocycles. The van der Waals surface area contributed by atoms with Crippen LogP contribution in [0.4, 0.5) is 0 Å². The fraction of sp³-hybridized carbons (Fsp3) is 0. The molecule has 6 nitrogen and oxygen atoms in total. The van der Waals surface area contributed by atoms with Crippen molar-refractivity contribution in [2.24, 2.45) is 0 Å². The first kappa shape index (κ1) is 37.6. The van der Waals surface area contributed by atoms with E-state index in [-0.39, 0.29) is 88.7 Å². The predicted octanol–water partition coefficient (Wildman–Crippen LogP) is -13.9. The van der Waals surface area contributed by atoms with Gasteiger partial charge in [-0.1, -0.05) is 0 Å². The van der Waals surface area contributed by atoms with Crippen molar-refractivity contribution in [1.82, 2.24) is 0 Å². The summed E-state index contributed by atoms with van der Waals surface area (Å²) in [7, 11) is 0. The Balaban J connectivity index is -0.00000001000. The van der Waals surface area contributed by atoms with Crippen molar-refractivity contribution in [3.63, 3.8) is 0 Å². The molecule has 0 atom stereocenters. The Bertz CT molecular complexity index is 54.8. The first-order valence-electron chi connectivity index (χ1n) is 1.41. The molecule has 0 aliphatic heterocycles. The second kappa shape index (κ2) is 83.1. The Morgan fingerprint density at radius 3 is 0.583 bits per heavy atom. The average Bonchev–Trinajstić information content (AvgIpc) is 1.70. The van der Waals surface area contributed by atoms with Crippen LogP contribution in [0.25, 0.3) is 0 Å². The van der Waals surface area contributed by atoms with Crippen LogP contribution in [0.2, 0.25) is 0 Å². The summed E-state index contributed by atoms with van der Waals surface area (Å²) < 4.78 is 0. The van der Waals surface area contributed by atoms with Gasteiger partial charge in [-0.3, -0.25) is 0 Å². The summed E-state index contributed by atoms with van der Waals surface area (Å²) in [5.41, 5.74) is 0. The van der Waals surface area contributed by atoms with Crippen molar-refractivity contribution in [3.8, 4) is 0 Å². The van der Waals surface area contributed by atoms with Crippen molar-refractivity contribution < 1.29 is 118 Å². The number of carbonyl (C=O) groups is 3. The van der Waals surface area contributed by atoms with Crippen LogP contribution in [0.15, 0.2) is 0 Å². The van der Waals surface area contributed by atoms with E-state index in [9.17, 15) is 0 Å². The van der Waals surface area contributed by atoms with Gasteiger partial charge in [0, 0.05) is 19.4 Å². The van der Waals surface area contributed by atoms with E-state index in [0.717, 1.165) is 0 Å². The van der Waals surface area contributed by atoms with Crippen LogP contribution in [0.5, 0.6) is 0 Å². The van der Waals surface area contributed by atoms with Gasteiger partial charge in [-0.15, -0.1) is 0 Å². The SMILES string of the molecule is O=C[O-].O=C[O-].O=C[O-].[Na+].[Na+].[Na+]. The summed E-state index contributed by atoms with van der Waals surface area (Å²) >= 11 is 0. The van der Waals surface area contributed by atoms with Gasteiger partial charge in [0.15, 0.2) is 0 Å². The van der Waals surface area contributed by atoms with Crippen LogP contribution >= 0.6 is 0 Å². The van der Waals surface area contributed by atoms with Crippen molar-refractivity contribution in [1.29, 1.82) is 0 Å². The van der Waals surface area contributed by atoms with E-state index >= 15 is 0 Å². The molecular formula is C3H3Na3O6. The Morgan fingerprint density at radius 2 is 0.583 bits per heavy atom. The third-order valence-electron chi connectivity index (χ3n) is 0. The fourth-order valence-electron chi connectivity index (χ4n) is 0. The second-order valence-electron chi connectivity index (χ2n) is 0.289. The van der Waals surface area contributed by atoms with Crippen LogP contribution in [0, 0.1) is 0 Å². The topological polar surface area (TPSA) is 120 Å². The molecule has 0 aliphatic rings. The molecule has 0 amide bonds. The van der Waals surface area contributed by atoms with E-state index in [0.29, 0.717) is 0 Å². The minimum absolute atomic E-state index is 0. The van der Waals surface area contributed by atoms with Crippen molar-refractivity contribution >= 4 is 19.4 Å². The maximum atomic E-state index is 8.25. The van der Waals surface area contributed by atoms with Crippen LogP contribution in [-0.2, 0) is 14.4 Å². The van der Waals surface area contributed by atoms with Crippen molar-refractivity contribution in [2.75, 3.05) is 0 Å². The number of rotatable bonds is 0. The molecule has 0 radical (unpaired) electrons. The van der Waals surface area contributed by atoms with Crippen LogP contribution in [0.1, 0.15) is 0 Å². The molecule has 54 valence electrons. The molecule has 0 bridgehead atoms. The largest absolute Gasteiger partial charge is 1.00 e. The molecule has 12 heavy (non-hydrogen) atoms. The molecule has 0 spiro atoms. The van der Waals surface area contributed by atoms with E-state index in [1.54, 1.807) is 0 Å². The molecule has 0 unspecified atom stereocenters. The zero-order valence-corrected chi connectivity index (χ0v) is 13.2. The van der Waals surface area contributed by atoms with Gasteiger partial charge < -0.3 is 29.7 Å². The van der Waals surface area contributed by atoms with Gasteiger partial charge in [0.05, 0.1) is 0 Å². The van der Waals surface area contributed by atoms with Gasteiger partial charge in [0.2, 0.25) is 0 Å². The van der Waals surface area contributed by atoms with Gasteiger partial charge in [-0.2, -0.15) is 0 Å². The number of carbonyl (C=O) groups excluding carboxylic acids is 3. The molecule has 0 aliphatic carbocycles. The fourth-order valence-corrected chi connectivity index (χ4v) is 0. The molecule has 0 N–H and O–H groups in total. The molecular weight excluding hydrogens is 201 g/mol. The maximum absolute atomic E-state index is 8.25. The summed E-state index contributed by atoms with van der Waals surface area (Å²) in [5.74, 6) is 0. The Morgan fingerprint density at radius 1 is 0.583 bits per heavy atom. The third-order valence-corrected chi connectivity index (χ3v) is 0. The van der Waals surface area contributed by atoms with Crippen LogP contribution in [-0.4, -0.2) is 19.4 Å². The predicted molar refractivity (Wildman–Crippen MR) is 18.2 cm³/mol. The van der Waals surface area contributed by atoms with Crippen LogP contribution < -0.4 is 104 Å². The van der Waals surface area contributed by atoms with Gasteiger partial charge in [0.25, 0.3) is 0 Å². The molecule has 0 rings (SSSR count). The zero-order valence-electron chi connectivity index (χ0n) is 7.18. The van der Waals surface area contributed by atoms with Gasteiger partial charge in [0.1, 0.15) is 0 Å². The minimum Gasteiger partial charge on any atom is -0.554 e. The number of hydrogen-bond acceptors (Lipinski definition) is 6. The second-order valence-corrected chi connectivity index (χ2v) is 0.289. The number of hydrogen-bond donors (Lipinski definition) is 0. The summed E-state index contributed by atoms with van der Waals surface area (Å²) in [5, 5.41) is 24.8. The summed E-state index contributed by atoms with van der Waals surface area (Å²) in [6.07, 6.45) is 0. The summed E-state index contributed by atoms with van der Waals surface area (Å²) in [6.45, 7) is -1.50. The van der Waals surface area contributed by atoms with Gasteiger partial charge >= 0.3 is 88.7 Å². The summed E-state index contributed by atoms with van der Waals surface area (Å²) in [4.78, 5) is 24.8. The Labute approximate surface area is 136 Å². The minimum atomic E-state index is -0.500. The van der Waals surface area contributed by atoms with E-state index in [1.165, 1.54) is 0 Å². The van der Waals surface area contributed by atoms with E-state index in [1.807, 2.05) is 0 Å². The monoisotopic (exact) mass is 204 g/mol. The third kappa shape index (κ3) is 622. The normalized spacial score (nSPS) is 3.00. The smallest absolute Gasteiger partial charge is 0.554 e. The average molecular weight is 204 g/mol. The van der Waals surface area contributed by atoms with Gasteiger partial charge in [-0.05, 0) is 0 Å². The summed E-state index contributed by atoms with van der Waals surface area (Å²) in [6, 6.07) is 0. The van der Waals surface area contributed by atoms with Gasteiger partial charge in [-0.25, -0.2) is 0 Å². The Hall–Kier alpha value is 1.41. The molecule has 0 saturated carbocycles. The van der Waals surface area contributed by atoms with Crippen molar-refractivity contribution in [3.05, 3.63) is 0 Å². The van der Waals surface area contributed by atoms with Crippen molar-refractivity contribution in [2.45, 2.75) is 0 Å². The first-order valence-corrected chi connectivity index (χ1v) is 1.41. The molecule has 0 saturated heterocycles. The first-order chi connectivity index (χ1) is 4.24. The van der Waals surface area contributed by atoms with Crippen LogP contribution in [0.3, 0.4) is 0 Å². The standard InChI is InChI=1S/3CH2O2.3Na/c3*2-1-3;;;/h3*1H,(H,2,3);;;/q;;;3*+1/p-3. The molecule has 0 aromatic heterocycles. The molecule has 0 aromatic carbocycles. The van der Waals surface area contributed by atoms with E-state index in [4.69, 9.17) is 29.7 Å². The maximum Gasteiger partial charge on any atom is 1.00 e. The molecule has 0 aromatic rings. The molecule has 0 fully saturated rings. The zero-order chi connectivity index (χ0) is 8.12. The quantitative estimate of drug-likeness (QED) is 0.285. The van der Waals surface area contributed by atoms with E-state index < -0.39 is 19.4 Å². The molecule has 9 heteroatoms. The van der Waals surface area contributed by atoms with E-state index in [2.05, 4.69) is 0 Å². The number of carboxylic acid groups (broad SMARTS) is 3.